The van der Waals surface area contributed by atoms with Crippen LogP contribution in [0.15, 0.2) is 24.3 Å². The zero-order chi connectivity index (χ0) is 19.4. The highest BCUT2D eigenvalue weighted by Gasteiger charge is 2.52. The van der Waals surface area contributed by atoms with E-state index < -0.39 is 21.4 Å². The Morgan fingerprint density at radius 2 is 1.62 bits per heavy atom. The highest BCUT2D eigenvalue weighted by molar-refractivity contribution is 8.33. The molecule has 1 fully saturated rings. The highest BCUT2D eigenvalue weighted by atomic mass is 32.3. The molecule has 0 bridgehead atoms. The van der Waals surface area contributed by atoms with Crippen LogP contribution in [0.2, 0.25) is 0 Å². The number of aliphatic hydroxyl groups is 1. The minimum absolute atomic E-state index is 0.296. The third-order valence-electron chi connectivity index (χ3n) is 4.22. The molecule has 0 spiro atoms. The molecule has 2 rings (SSSR count). The van der Waals surface area contributed by atoms with Gasteiger partial charge in [0.1, 0.15) is 39.8 Å². The Morgan fingerprint density at radius 3 is 2.12 bits per heavy atom. The summed E-state index contributed by atoms with van der Waals surface area (Å²) in [7, 11) is 1.63. The van der Waals surface area contributed by atoms with Crippen molar-refractivity contribution >= 4 is 35.3 Å². The summed E-state index contributed by atoms with van der Waals surface area (Å²) < 4.78 is 22.7. The van der Waals surface area contributed by atoms with E-state index in [4.69, 9.17) is 18.9 Å². The van der Waals surface area contributed by atoms with E-state index in [0.717, 1.165) is 11.5 Å². The number of rotatable bonds is 9. The second kappa shape index (κ2) is 9.30. The van der Waals surface area contributed by atoms with Crippen LogP contribution < -0.4 is 9.47 Å². The molecule has 0 aromatic heterocycles. The fourth-order valence-electron chi connectivity index (χ4n) is 2.92. The van der Waals surface area contributed by atoms with Gasteiger partial charge in [0.15, 0.2) is 5.79 Å². The molecule has 1 saturated heterocycles. The van der Waals surface area contributed by atoms with Crippen molar-refractivity contribution in [1.29, 1.82) is 0 Å². The molecule has 3 atom stereocenters. The standard InChI is InChI=1S/C18H28O5S3/c1-17(2)22-14(11-21-13-9-7-12(20-3)8-10-13)15(23-17)16(19)18(24-4,25-5)26-6/h7-10,14-16,19H,11H2,1-6H3/t14-,15+,16-/m1/s1. The van der Waals surface area contributed by atoms with Crippen LogP contribution in [0, 0.1) is 0 Å². The summed E-state index contributed by atoms with van der Waals surface area (Å²) in [6.07, 6.45) is 4.44. The van der Waals surface area contributed by atoms with Crippen molar-refractivity contribution in [3.63, 3.8) is 0 Å². The van der Waals surface area contributed by atoms with Crippen molar-refractivity contribution in [2.75, 3.05) is 32.5 Å². The maximum Gasteiger partial charge on any atom is 0.164 e. The fourth-order valence-corrected chi connectivity index (χ4v) is 6.05. The summed E-state index contributed by atoms with van der Waals surface area (Å²) >= 11 is 4.86. The first-order valence-electron chi connectivity index (χ1n) is 8.27. The summed E-state index contributed by atoms with van der Waals surface area (Å²) in [5.41, 5.74) is 0. The molecule has 0 radical (unpaired) electrons. The van der Waals surface area contributed by atoms with Gasteiger partial charge in [-0.05, 0) is 56.9 Å². The molecule has 0 aliphatic carbocycles. The number of thioether (sulfide) groups is 3. The molecule has 26 heavy (non-hydrogen) atoms. The minimum Gasteiger partial charge on any atom is -0.497 e. The van der Waals surface area contributed by atoms with Gasteiger partial charge in [0.25, 0.3) is 0 Å². The van der Waals surface area contributed by atoms with Crippen molar-refractivity contribution in [3.8, 4) is 11.5 Å². The summed E-state index contributed by atoms with van der Waals surface area (Å²) in [6, 6.07) is 7.39. The lowest BCUT2D eigenvalue weighted by Gasteiger charge is -2.37. The Kier molecular flexibility index (Phi) is 7.88. The van der Waals surface area contributed by atoms with Gasteiger partial charge in [-0.3, -0.25) is 0 Å². The van der Waals surface area contributed by atoms with Crippen LogP contribution in [0.1, 0.15) is 13.8 Å². The van der Waals surface area contributed by atoms with Crippen LogP contribution in [0.4, 0.5) is 0 Å². The Labute approximate surface area is 168 Å². The topological polar surface area (TPSA) is 57.2 Å². The molecule has 1 aliphatic heterocycles. The molecule has 1 aromatic rings. The van der Waals surface area contributed by atoms with Gasteiger partial charge in [0, 0.05) is 0 Å². The monoisotopic (exact) mass is 420 g/mol. The van der Waals surface area contributed by atoms with Crippen LogP contribution in [0.25, 0.3) is 0 Å². The van der Waals surface area contributed by atoms with E-state index in [9.17, 15) is 5.11 Å². The van der Waals surface area contributed by atoms with E-state index in [0.29, 0.717) is 6.61 Å². The Morgan fingerprint density at radius 1 is 1.08 bits per heavy atom. The number of hydrogen-bond donors (Lipinski definition) is 1. The predicted octanol–water partition coefficient (Wildman–Crippen LogP) is 3.70. The number of ether oxygens (including phenoxy) is 4. The third kappa shape index (κ3) is 4.97. The molecule has 148 valence electrons. The summed E-state index contributed by atoms with van der Waals surface area (Å²) in [6.45, 7) is 4.02. The van der Waals surface area contributed by atoms with Gasteiger partial charge in [0.2, 0.25) is 0 Å². The molecule has 5 nitrogen and oxygen atoms in total. The lowest BCUT2D eigenvalue weighted by atomic mass is 10.1. The lowest BCUT2D eigenvalue weighted by Crippen LogP contribution is -2.48. The Hall–Kier alpha value is -0.250. The number of methoxy groups -OCH3 is 1. The van der Waals surface area contributed by atoms with Crippen molar-refractivity contribution < 1.29 is 24.1 Å². The van der Waals surface area contributed by atoms with E-state index in [1.807, 2.05) is 56.9 Å². The lowest BCUT2D eigenvalue weighted by molar-refractivity contribution is -0.155. The van der Waals surface area contributed by atoms with Crippen molar-refractivity contribution in [2.24, 2.45) is 0 Å². The summed E-state index contributed by atoms with van der Waals surface area (Å²) in [4.78, 5) is 0. The predicted molar refractivity (Wildman–Crippen MR) is 112 cm³/mol. The third-order valence-corrected chi connectivity index (χ3v) is 9.65. The largest absolute Gasteiger partial charge is 0.497 e. The molecule has 0 unspecified atom stereocenters. The number of hydrogen-bond acceptors (Lipinski definition) is 8. The van der Waals surface area contributed by atoms with Crippen LogP contribution in [0.3, 0.4) is 0 Å². The molecule has 8 heteroatoms. The first-order valence-corrected chi connectivity index (χ1v) is 11.9. The smallest absolute Gasteiger partial charge is 0.164 e. The zero-order valence-corrected chi connectivity index (χ0v) is 18.5. The van der Waals surface area contributed by atoms with Gasteiger partial charge >= 0.3 is 0 Å². The van der Waals surface area contributed by atoms with Gasteiger partial charge in [-0.25, -0.2) is 0 Å². The average molecular weight is 421 g/mol. The van der Waals surface area contributed by atoms with Gasteiger partial charge in [0.05, 0.1) is 7.11 Å². The molecular formula is C18H28O5S3. The van der Waals surface area contributed by atoms with Crippen LogP contribution in [-0.2, 0) is 9.47 Å². The van der Waals surface area contributed by atoms with Gasteiger partial charge in [-0.1, -0.05) is 0 Å². The molecule has 1 aromatic carbocycles. The Balaban J connectivity index is 2.11. The number of aliphatic hydroxyl groups excluding tert-OH is 1. The second-order valence-corrected chi connectivity index (χ2v) is 10.2. The second-order valence-electron chi connectivity index (χ2n) is 6.29. The van der Waals surface area contributed by atoms with Gasteiger partial charge in [-0.15, -0.1) is 35.3 Å². The van der Waals surface area contributed by atoms with E-state index in [2.05, 4.69) is 0 Å². The van der Waals surface area contributed by atoms with Gasteiger partial charge in [-0.2, -0.15) is 0 Å². The molecule has 1 heterocycles. The van der Waals surface area contributed by atoms with E-state index in [-0.39, 0.29) is 6.10 Å². The van der Waals surface area contributed by atoms with Crippen LogP contribution in [0.5, 0.6) is 11.5 Å². The Bertz CT molecular complexity index is 554. The van der Waals surface area contributed by atoms with Crippen molar-refractivity contribution in [3.05, 3.63) is 24.3 Å². The minimum atomic E-state index is -0.763. The fraction of sp³-hybridized carbons (Fsp3) is 0.667. The molecule has 1 N–H and O–H groups in total. The SMILES string of the molecule is COc1ccc(OC[C@H]2OC(C)(C)O[C@@H]2[C@@H](O)C(SC)(SC)SC)cc1. The van der Waals surface area contributed by atoms with Crippen molar-refractivity contribution in [1.82, 2.24) is 0 Å². The zero-order valence-electron chi connectivity index (χ0n) is 16.1. The van der Waals surface area contributed by atoms with E-state index >= 15 is 0 Å². The quantitative estimate of drug-likeness (QED) is 0.607. The van der Waals surface area contributed by atoms with E-state index in [1.54, 1.807) is 42.4 Å². The van der Waals surface area contributed by atoms with Crippen LogP contribution in [-0.4, -0.2) is 65.1 Å². The molecule has 0 amide bonds. The number of benzene rings is 1. The maximum absolute atomic E-state index is 11.1. The highest BCUT2D eigenvalue weighted by Crippen LogP contribution is 2.49. The van der Waals surface area contributed by atoms with Crippen molar-refractivity contribution in [2.45, 2.75) is 41.4 Å². The summed E-state index contributed by atoms with van der Waals surface area (Å²) in [5, 5.41) is 11.1. The molecular weight excluding hydrogens is 392 g/mol. The maximum atomic E-state index is 11.1. The first-order chi connectivity index (χ1) is 12.3. The average Bonchev–Trinajstić information content (AvgIpc) is 2.96. The van der Waals surface area contributed by atoms with Gasteiger partial charge < -0.3 is 24.1 Å². The van der Waals surface area contributed by atoms with Crippen LogP contribution >= 0.6 is 35.3 Å². The normalized spacial score (nSPS) is 23.7. The molecule has 1 aliphatic rings. The molecule has 0 saturated carbocycles. The van der Waals surface area contributed by atoms with E-state index in [1.165, 1.54) is 0 Å². The first kappa shape index (κ1) is 22.0. The summed E-state index contributed by atoms with van der Waals surface area (Å²) in [5.74, 6) is 0.732.